The number of hydrogen-bond acceptors (Lipinski definition) is 3. The van der Waals surface area contributed by atoms with Gasteiger partial charge in [-0.15, -0.1) is 11.3 Å². The lowest BCUT2D eigenvalue weighted by Crippen LogP contribution is -2.17. The number of anilines is 1. The summed E-state index contributed by atoms with van der Waals surface area (Å²) in [6.07, 6.45) is 0. The molecule has 1 heterocycles. The van der Waals surface area contributed by atoms with Crippen molar-refractivity contribution in [2.24, 2.45) is 11.8 Å². The van der Waals surface area contributed by atoms with Crippen LogP contribution in [0.4, 0.5) is 5.00 Å². The number of aryl methyl sites for hydroxylation is 1. The number of thiophene rings is 1. The maximum Gasteiger partial charge on any atom is 0.0912 e. The first-order chi connectivity index (χ1) is 6.65. The van der Waals surface area contributed by atoms with Crippen molar-refractivity contribution in [3.05, 3.63) is 17.0 Å². The molecule has 0 amide bonds. The molecule has 1 unspecified atom stereocenters. The van der Waals surface area contributed by atoms with Crippen molar-refractivity contribution in [1.29, 1.82) is 5.26 Å². The molecule has 0 saturated heterocycles. The molecule has 76 valence electrons. The summed E-state index contributed by atoms with van der Waals surface area (Å²) in [4.78, 5) is 0. The largest absolute Gasteiger partial charge is 0.375 e. The predicted molar refractivity (Wildman–Crippen MR) is 61.5 cm³/mol. The highest BCUT2D eigenvalue weighted by atomic mass is 32.1. The van der Waals surface area contributed by atoms with Gasteiger partial charge in [-0.3, -0.25) is 0 Å². The van der Waals surface area contributed by atoms with Gasteiger partial charge in [-0.25, -0.2) is 0 Å². The van der Waals surface area contributed by atoms with Gasteiger partial charge in [-0.05, 0) is 29.9 Å². The molecule has 3 heteroatoms. The third kappa shape index (κ3) is 2.74. The lowest BCUT2D eigenvalue weighted by molar-refractivity contribution is 0.496. The van der Waals surface area contributed by atoms with Crippen LogP contribution in [0.25, 0.3) is 0 Å². The molecular formula is C11H16N2S. The summed E-state index contributed by atoms with van der Waals surface area (Å²) in [5, 5.41) is 15.5. The van der Waals surface area contributed by atoms with E-state index in [0.29, 0.717) is 5.92 Å². The SMILES string of the molecule is Cc1ccsc1NCC(C#N)C(C)C. The van der Waals surface area contributed by atoms with Crippen molar-refractivity contribution < 1.29 is 0 Å². The van der Waals surface area contributed by atoms with E-state index in [0.717, 1.165) is 6.54 Å². The van der Waals surface area contributed by atoms with Crippen molar-refractivity contribution in [2.45, 2.75) is 20.8 Å². The standard InChI is InChI=1S/C11H16N2S/c1-8(2)10(6-12)7-13-11-9(3)4-5-14-11/h4-5,8,10,13H,7H2,1-3H3. The summed E-state index contributed by atoms with van der Waals surface area (Å²) in [6.45, 7) is 6.98. The second-order valence-corrected chi connectivity index (χ2v) is 4.71. The molecule has 0 saturated carbocycles. The van der Waals surface area contributed by atoms with E-state index in [1.54, 1.807) is 11.3 Å². The zero-order valence-electron chi connectivity index (χ0n) is 8.87. The average molecular weight is 208 g/mol. The Morgan fingerprint density at radius 2 is 2.29 bits per heavy atom. The van der Waals surface area contributed by atoms with Gasteiger partial charge in [0, 0.05) is 6.54 Å². The fourth-order valence-corrected chi connectivity index (χ4v) is 2.02. The van der Waals surface area contributed by atoms with Crippen LogP contribution in [0.15, 0.2) is 11.4 Å². The van der Waals surface area contributed by atoms with Crippen molar-refractivity contribution in [2.75, 3.05) is 11.9 Å². The van der Waals surface area contributed by atoms with Crippen molar-refractivity contribution in [3.63, 3.8) is 0 Å². The van der Waals surface area contributed by atoms with Crippen LogP contribution >= 0.6 is 11.3 Å². The molecule has 0 radical (unpaired) electrons. The highest BCUT2D eigenvalue weighted by molar-refractivity contribution is 7.14. The van der Waals surface area contributed by atoms with E-state index >= 15 is 0 Å². The smallest absolute Gasteiger partial charge is 0.0912 e. The highest BCUT2D eigenvalue weighted by Crippen LogP contribution is 2.22. The van der Waals surface area contributed by atoms with E-state index in [1.807, 2.05) is 0 Å². The van der Waals surface area contributed by atoms with E-state index in [2.05, 4.69) is 43.6 Å². The Hall–Kier alpha value is -1.01. The molecule has 0 aromatic carbocycles. The minimum Gasteiger partial charge on any atom is -0.375 e. The molecule has 2 nitrogen and oxygen atoms in total. The summed E-state index contributed by atoms with van der Waals surface area (Å²) in [7, 11) is 0. The minimum absolute atomic E-state index is 0.0940. The molecule has 1 aromatic heterocycles. The van der Waals surface area contributed by atoms with Gasteiger partial charge in [0.1, 0.15) is 0 Å². The molecule has 0 aliphatic rings. The first-order valence-electron chi connectivity index (χ1n) is 4.82. The molecule has 1 atom stereocenters. The van der Waals surface area contributed by atoms with Crippen LogP contribution in [0.1, 0.15) is 19.4 Å². The quantitative estimate of drug-likeness (QED) is 0.824. The van der Waals surface area contributed by atoms with Gasteiger partial charge in [0.25, 0.3) is 0 Å². The zero-order chi connectivity index (χ0) is 10.6. The van der Waals surface area contributed by atoms with Crippen LogP contribution in [-0.4, -0.2) is 6.54 Å². The van der Waals surface area contributed by atoms with Gasteiger partial charge in [0.05, 0.1) is 17.0 Å². The van der Waals surface area contributed by atoms with Crippen molar-refractivity contribution >= 4 is 16.3 Å². The van der Waals surface area contributed by atoms with Gasteiger partial charge >= 0.3 is 0 Å². The molecule has 0 spiro atoms. The van der Waals surface area contributed by atoms with Crippen LogP contribution in [0.5, 0.6) is 0 Å². The fourth-order valence-electron chi connectivity index (χ4n) is 1.19. The molecule has 14 heavy (non-hydrogen) atoms. The highest BCUT2D eigenvalue weighted by Gasteiger charge is 2.12. The molecule has 0 fully saturated rings. The summed E-state index contributed by atoms with van der Waals surface area (Å²) in [5.74, 6) is 0.504. The summed E-state index contributed by atoms with van der Waals surface area (Å²) >= 11 is 1.69. The molecule has 0 bridgehead atoms. The van der Waals surface area contributed by atoms with Crippen LogP contribution in [0.3, 0.4) is 0 Å². The van der Waals surface area contributed by atoms with Crippen LogP contribution in [0.2, 0.25) is 0 Å². The van der Waals surface area contributed by atoms with E-state index < -0.39 is 0 Å². The fraction of sp³-hybridized carbons (Fsp3) is 0.545. The van der Waals surface area contributed by atoms with Crippen molar-refractivity contribution in [1.82, 2.24) is 0 Å². The number of nitrogens with zero attached hydrogens (tertiary/aromatic N) is 1. The molecule has 0 aliphatic heterocycles. The Bertz CT molecular complexity index is 322. The van der Waals surface area contributed by atoms with E-state index in [9.17, 15) is 0 Å². The number of hydrogen-bond donors (Lipinski definition) is 1. The number of rotatable bonds is 4. The Morgan fingerprint density at radius 1 is 1.57 bits per heavy atom. The van der Waals surface area contributed by atoms with Gasteiger partial charge in [-0.2, -0.15) is 5.26 Å². The molecular weight excluding hydrogens is 192 g/mol. The normalized spacial score (nSPS) is 12.5. The van der Waals surface area contributed by atoms with Gasteiger partial charge < -0.3 is 5.32 Å². The van der Waals surface area contributed by atoms with Crippen LogP contribution in [-0.2, 0) is 0 Å². The number of nitriles is 1. The second-order valence-electron chi connectivity index (χ2n) is 3.79. The summed E-state index contributed by atoms with van der Waals surface area (Å²) in [5.41, 5.74) is 1.26. The van der Waals surface area contributed by atoms with Crippen molar-refractivity contribution in [3.8, 4) is 6.07 Å². The summed E-state index contributed by atoms with van der Waals surface area (Å²) in [6, 6.07) is 4.41. The minimum atomic E-state index is 0.0940. The molecule has 1 N–H and O–H groups in total. The maximum atomic E-state index is 8.91. The first kappa shape index (κ1) is 11.1. The lowest BCUT2D eigenvalue weighted by Gasteiger charge is -2.13. The Kier molecular flexibility index (Phi) is 3.97. The average Bonchev–Trinajstić information content (AvgIpc) is 2.52. The van der Waals surface area contributed by atoms with E-state index in [-0.39, 0.29) is 5.92 Å². The van der Waals surface area contributed by atoms with Gasteiger partial charge in [0.2, 0.25) is 0 Å². The van der Waals surface area contributed by atoms with Crippen LogP contribution < -0.4 is 5.32 Å². The molecule has 0 aliphatic carbocycles. The molecule has 1 aromatic rings. The summed E-state index contributed by atoms with van der Waals surface area (Å²) < 4.78 is 0. The Balaban J connectivity index is 2.49. The van der Waals surface area contributed by atoms with E-state index in [1.165, 1.54) is 10.6 Å². The molecule has 1 rings (SSSR count). The van der Waals surface area contributed by atoms with E-state index in [4.69, 9.17) is 5.26 Å². The van der Waals surface area contributed by atoms with Gasteiger partial charge in [-0.1, -0.05) is 13.8 Å². The first-order valence-corrected chi connectivity index (χ1v) is 5.70. The van der Waals surface area contributed by atoms with Gasteiger partial charge in [0.15, 0.2) is 0 Å². The predicted octanol–water partition coefficient (Wildman–Crippen LogP) is 3.26. The Morgan fingerprint density at radius 3 is 2.71 bits per heavy atom. The maximum absolute atomic E-state index is 8.91. The third-order valence-electron chi connectivity index (χ3n) is 2.32. The lowest BCUT2D eigenvalue weighted by atomic mass is 9.98. The Labute approximate surface area is 89.6 Å². The second kappa shape index (κ2) is 5.02. The zero-order valence-corrected chi connectivity index (χ0v) is 9.69. The third-order valence-corrected chi connectivity index (χ3v) is 3.29. The topological polar surface area (TPSA) is 35.8 Å². The number of nitrogens with one attached hydrogen (secondary N) is 1. The van der Waals surface area contributed by atoms with Crippen LogP contribution in [0, 0.1) is 30.1 Å². The monoisotopic (exact) mass is 208 g/mol.